The van der Waals surface area contributed by atoms with Crippen molar-refractivity contribution in [2.75, 3.05) is 20.3 Å². The minimum absolute atomic E-state index is 0.133. The summed E-state index contributed by atoms with van der Waals surface area (Å²) in [5.74, 6) is 6.92. The average molecular weight is 276 g/mol. The molecule has 0 heterocycles. The van der Waals surface area contributed by atoms with Gasteiger partial charge in [0, 0.05) is 17.7 Å². The van der Waals surface area contributed by atoms with Gasteiger partial charge in [0.2, 0.25) is 0 Å². The van der Waals surface area contributed by atoms with E-state index in [1.54, 1.807) is 7.11 Å². The predicted molar refractivity (Wildman–Crippen MR) is 80.7 cm³/mol. The van der Waals surface area contributed by atoms with Gasteiger partial charge in [-0.2, -0.15) is 0 Å². The largest absolute Gasteiger partial charge is 0.496 e. The number of hydrogen-bond donors (Lipinski definition) is 1. The molecule has 0 radical (unpaired) electrons. The molecule has 1 aromatic carbocycles. The van der Waals surface area contributed by atoms with Crippen LogP contribution in [0.4, 0.5) is 0 Å². The second-order valence-electron chi connectivity index (χ2n) is 4.90. The topological polar surface area (TPSA) is 38.7 Å². The zero-order chi connectivity index (χ0) is 14.8. The van der Waals surface area contributed by atoms with Crippen molar-refractivity contribution in [3.05, 3.63) is 29.3 Å². The number of aliphatic hydroxyl groups is 1. The molecule has 3 heteroatoms. The Morgan fingerprint density at radius 1 is 1.35 bits per heavy atom. The van der Waals surface area contributed by atoms with E-state index in [9.17, 15) is 0 Å². The zero-order valence-corrected chi connectivity index (χ0v) is 12.6. The first-order valence-corrected chi connectivity index (χ1v) is 7.05. The summed E-state index contributed by atoms with van der Waals surface area (Å²) in [5, 5.41) is 8.73. The lowest BCUT2D eigenvalue weighted by Crippen LogP contribution is -2.06. The second kappa shape index (κ2) is 9.41. The molecular formula is C17H24O3. The molecule has 0 fully saturated rings. The van der Waals surface area contributed by atoms with E-state index in [1.807, 2.05) is 18.2 Å². The summed E-state index contributed by atoms with van der Waals surface area (Å²) in [4.78, 5) is 0. The average Bonchev–Trinajstić information content (AvgIpc) is 2.45. The van der Waals surface area contributed by atoms with Gasteiger partial charge in [0.15, 0.2) is 0 Å². The van der Waals surface area contributed by atoms with Crippen molar-refractivity contribution in [2.45, 2.75) is 33.3 Å². The van der Waals surface area contributed by atoms with Gasteiger partial charge in [-0.25, -0.2) is 0 Å². The minimum Gasteiger partial charge on any atom is -0.496 e. The molecule has 0 aliphatic carbocycles. The standard InChI is InChI=1S/C17H24O3/c1-4-6-14(2)12-20-13-16-11-15(7-5-10-18)8-9-17(16)19-3/h8-9,11,14,18H,4,6,10,12-13H2,1-3H3. The summed E-state index contributed by atoms with van der Waals surface area (Å²) in [6, 6.07) is 5.71. The normalized spacial score (nSPS) is 11.6. The molecule has 0 bridgehead atoms. The molecule has 1 N–H and O–H groups in total. The molecule has 1 atom stereocenters. The monoisotopic (exact) mass is 276 g/mol. The number of rotatable bonds is 7. The van der Waals surface area contributed by atoms with Crippen LogP contribution >= 0.6 is 0 Å². The van der Waals surface area contributed by atoms with E-state index in [1.165, 1.54) is 12.8 Å². The number of methoxy groups -OCH3 is 1. The molecule has 0 amide bonds. The van der Waals surface area contributed by atoms with Gasteiger partial charge >= 0.3 is 0 Å². The lowest BCUT2D eigenvalue weighted by Gasteiger charge is -2.13. The van der Waals surface area contributed by atoms with E-state index in [0.29, 0.717) is 12.5 Å². The van der Waals surface area contributed by atoms with E-state index in [4.69, 9.17) is 14.6 Å². The first-order chi connectivity index (χ1) is 9.71. The van der Waals surface area contributed by atoms with Crippen LogP contribution in [0.2, 0.25) is 0 Å². The van der Waals surface area contributed by atoms with Gasteiger partial charge in [0.1, 0.15) is 12.4 Å². The summed E-state index contributed by atoms with van der Waals surface area (Å²) in [6.07, 6.45) is 2.36. The Morgan fingerprint density at radius 3 is 2.80 bits per heavy atom. The van der Waals surface area contributed by atoms with Crippen molar-refractivity contribution < 1.29 is 14.6 Å². The maximum atomic E-state index is 8.73. The molecule has 20 heavy (non-hydrogen) atoms. The van der Waals surface area contributed by atoms with E-state index < -0.39 is 0 Å². The maximum Gasteiger partial charge on any atom is 0.124 e. The molecule has 110 valence electrons. The highest BCUT2D eigenvalue weighted by Crippen LogP contribution is 2.21. The van der Waals surface area contributed by atoms with Crippen LogP contribution in [-0.4, -0.2) is 25.4 Å². The molecule has 0 spiro atoms. The number of aliphatic hydroxyl groups excluding tert-OH is 1. The Kier molecular flexibility index (Phi) is 7.79. The van der Waals surface area contributed by atoms with Crippen LogP contribution in [0.3, 0.4) is 0 Å². The lowest BCUT2D eigenvalue weighted by molar-refractivity contribution is 0.0879. The number of ether oxygens (including phenoxy) is 2. The van der Waals surface area contributed by atoms with Gasteiger partial charge in [-0.3, -0.25) is 0 Å². The van der Waals surface area contributed by atoms with Crippen LogP contribution in [0.1, 0.15) is 37.8 Å². The van der Waals surface area contributed by atoms with Gasteiger partial charge in [-0.1, -0.05) is 32.1 Å². The first kappa shape index (κ1) is 16.6. The van der Waals surface area contributed by atoms with Crippen LogP contribution in [0, 0.1) is 17.8 Å². The predicted octanol–water partition coefficient (Wildman–Crippen LogP) is 2.99. The van der Waals surface area contributed by atoms with Crippen molar-refractivity contribution in [1.82, 2.24) is 0 Å². The van der Waals surface area contributed by atoms with Crippen molar-refractivity contribution in [2.24, 2.45) is 5.92 Å². The van der Waals surface area contributed by atoms with E-state index in [2.05, 4.69) is 25.7 Å². The summed E-state index contributed by atoms with van der Waals surface area (Å²) in [5.41, 5.74) is 1.85. The van der Waals surface area contributed by atoms with Crippen molar-refractivity contribution >= 4 is 0 Å². The van der Waals surface area contributed by atoms with Crippen molar-refractivity contribution in [1.29, 1.82) is 0 Å². The summed E-state index contributed by atoms with van der Waals surface area (Å²) in [7, 11) is 1.65. The molecule has 0 aromatic heterocycles. The molecule has 1 unspecified atom stereocenters. The molecule has 3 nitrogen and oxygen atoms in total. The first-order valence-electron chi connectivity index (χ1n) is 7.05. The third-order valence-electron chi connectivity index (χ3n) is 3.03. The van der Waals surface area contributed by atoms with Gasteiger partial charge in [0.25, 0.3) is 0 Å². The van der Waals surface area contributed by atoms with E-state index in [0.717, 1.165) is 23.5 Å². The number of benzene rings is 1. The number of hydrogen-bond acceptors (Lipinski definition) is 3. The molecule has 0 saturated heterocycles. The highest BCUT2D eigenvalue weighted by atomic mass is 16.5. The van der Waals surface area contributed by atoms with Gasteiger partial charge in [-0.15, -0.1) is 0 Å². The fraction of sp³-hybridized carbons (Fsp3) is 0.529. The van der Waals surface area contributed by atoms with Crippen LogP contribution in [-0.2, 0) is 11.3 Å². The third-order valence-corrected chi connectivity index (χ3v) is 3.03. The lowest BCUT2D eigenvalue weighted by atomic mass is 10.1. The summed E-state index contributed by atoms with van der Waals surface area (Å²) in [6.45, 7) is 5.52. The Labute approximate surface area is 121 Å². The van der Waals surface area contributed by atoms with Crippen molar-refractivity contribution in [3.8, 4) is 17.6 Å². The molecule has 0 aliphatic rings. The van der Waals surface area contributed by atoms with Crippen LogP contribution in [0.5, 0.6) is 5.75 Å². The summed E-state index contributed by atoms with van der Waals surface area (Å²) < 4.78 is 11.1. The van der Waals surface area contributed by atoms with E-state index in [-0.39, 0.29) is 6.61 Å². The maximum absolute atomic E-state index is 8.73. The molecule has 0 aliphatic heterocycles. The van der Waals surface area contributed by atoms with Gasteiger partial charge < -0.3 is 14.6 Å². The van der Waals surface area contributed by atoms with Crippen LogP contribution in [0.25, 0.3) is 0 Å². The zero-order valence-electron chi connectivity index (χ0n) is 12.6. The van der Waals surface area contributed by atoms with Crippen LogP contribution < -0.4 is 4.74 Å². The van der Waals surface area contributed by atoms with Gasteiger partial charge in [-0.05, 0) is 30.5 Å². The van der Waals surface area contributed by atoms with Crippen molar-refractivity contribution in [3.63, 3.8) is 0 Å². The summed E-state index contributed by atoms with van der Waals surface area (Å²) >= 11 is 0. The Hall–Kier alpha value is -1.50. The molecule has 0 saturated carbocycles. The Balaban J connectivity index is 2.66. The van der Waals surface area contributed by atoms with Gasteiger partial charge in [0.05, 0.1) is 13.7 Å². The smallest absolute Gasteiger partial charge is 0.124 e. The van der Waals surface area contributed by atoms with Crippen LogP contribution in [0.15, 0.2) is 18.2 Å². The fourth-order valence-corrected chi connectivity index (χ4v) is 2.06. The quantitative estimate of drug-likeness (QED) is 0.778. The Morgan fingerprint density at radius 2 is 2.15 bits per heavy atom. The SMILES string of the molecule is CCCC(C)COCc1cc(C#CCO)ccc1OC. The third kappa shape index (κ3) is 5.64. The second-order valence-corrected chi connectivity index (χ2v) is 4.90. The minimum atomic E-state index is -0.133. The fourth-order valence-electron chi connectivity index (χ4n) is 2.06. The highest BCUT2D eigenvalue weighted by molar-refractivity contribution is 5.44. The molecular weight excluding hydrogens is 252 g/mol. The molecule has 1 rings (SSSR count). The highest BCUT2D eigenvalue weighted by Gasteiger charge is 2.06. The Bertz CT molecular complexity index is 457. The molecule has 1 aromatic rings. The van der Waals surface area contributed by atoms with E-state index >= 15 is 0 Å².